The molecule has 0 amide bonds. The fourth-order valence-corrected chi connectivity index (χ4v) is 4.54. The van der Waals surface area contributed by atoms with E-state index in [0.29, 0.717) is 0 Å². The first-order valence-corrected chi connectivity index (χ1v) is 10.2. The number of fused-ring (bicyclic) bond motifs is 4. The SMILES string of the molecule is CCCCOc1cc2c(cc1C)-c1cc(C)c(OC)cc1C1(CCCC1)O2. The molecule has 3 nitrogen and oxygen atoms in total. The van der Waals surface area contributed by atoms with Gasteiger partial charge >= 0.3 is 0 Å². The van der Waals surface area contributed by atoms with Gasteiger partial charge in [-0.1, -0.05) is 13.3 Å². The molecule has 1 aliphatic heterocycles. The predicted molar refractivity (Wildman–Crippen MR) is 109 cm³/mol. The Balaban J connectivity index is 1.84. The van der Waals surface area contributed by atoms with Gasteiger partial charge in [-0.05, 0) is 80.8 Å². The van der Waals surface area contributed by atoms with Crippen molar-refractivity contribution < 1.29 is 14.2 Å². The van der Waals surface area contributed by atoms with Crippen LogP contribution >= 0.6 is 0 Å². The molecule has 0 N–H and O–H groups in total. The van der Waals surface area contributed by atoms with E-state index >= 15 is 0 Å². The number of aryl methyl sites for hydroxylation is 2. The van der Waals surface area contributed by atoms with E-state index in [2.05, 4.69) is 45.0 Å². The lowest BCUT2D eigenvalue weighted by Gasteiger charge is -2.38. The van der Waals surface area contributed by atoms with Crippen LogP contribution in [-0.4, -0.2) is 13.7 Å². The number of benzene rings is 2. The first kappa shape index (κ1) is 18.2. The summed E-state index contributed by atoms with van der Waals surface area (Å²) in [5.41, 5.74) is 5.86. The Morgan fingerprint density at radius 1 is 0.963 bits per heavy atom. The molecule has 0 atom stereocenters. The topological polar surface area (TPSA) is 27.7 Å². The van der Waals surface area contributed by atoms with Crippen molar-refractivity contribution in [2.45, 2.75) is 64.9 Å². The fraction of sp³-hybridized carbons (Fsp3) is 0.500. The summed E-state index contributed by atoms with van der Waals surface area (Å²) in [4.78, 5) is 0. The Morgan fingerprint density at radius 2 is 1.67 bits per heavy atom. The highest BCUT2D eigenvalue weighted by Gasteiger charge is 2.44. The van der Waals surface area contributed by atoms with Crippen LogP contribution in [0.1, 0.15) is 62.1 Å². The molecule has 4 rings (SSSR count). The van der Waals surface area contributed by atoms with E-state index in [9.17, 15) is 0 Å². The number of ether oxygens (including phenoxy) is 3. The van der Waals surface area contributed by atoms with E-state index in [1.165, 1.54) is 29.5 Å². The first-order chi connectivity index (χ1) is 13.1. The Labute approximate surface area is 162 Å². The van der Waals surface area contributed by atoms with Crippen molar-refractivity contribution in [1.29, 1.82) is 0 Å². The van der Waals surface area contributed by atoms with Crippen LogP contribution < -0.4 is 14.2 Å². The van der Waals surface area contributed by atoms with Crippen LogP contribution in [-0.2, 0) is 5.60 Å². The highest BCUT2D eigenvalue weighted by Crippen LogP contribution is 2.54. The lowest BCUT2D eigenvalue weighted by atomic mass is 9.81. The van der Waals surface area contributed by atoms with E-state index in [4.69, 9.17) is 14.2 Å². The molecule has 2 aromatic carbocycles. The van der Waals surface area contributed by atoms with Crippen LogP contribution in [0.25, 0.3) is 11.1 Å². The Bertz CT molecular complexity index is 847. The van der Waals surface area contributed by atoms with Gasteiger partial charge in [-0.15, -0.1) is 0 Å². The maximum Gasteiger partial charge on any atom is 0.135 e. The van der Waals surface area contributed by atoms with Gasteiger partial charge in [-0.3, -0.25) is 0 Å². The second-order valence-electron chi connectivity index (χ2n) is 7.99. The highest BCUT2D eigenvalue weighted by atomic mass is 16.5. The number of hydrogen-bond acceptors (Lipinski definition) is 3. The summed E-state index contributed by atoms with van der Waals surface area (Å²) in [7, 11) is 1.75. The minimum absolute atomic E-state index is 0.223. The van der Waals surface area contributed by atoms with E-state index in [1.807, 2.05) is 0 Å². The number of methoxy groups -OCH3 is 1. The maximum absolute atomic E-state index is 6.71. The number of hydrogen-bond donors (Lipinski definition) is 0. The zero-order valence-corrected chi connectivity index (χ0v) is 17.0. The van der Waals surface area contributed by atoms with Crippen molar-refractivity contribution >= 4 is 0 Å². The van der Waals surface area contributed by atoms with Crippen LogP contribution in [0.15, 0.2) is 24.3 Å². The zero-order chi connectivity index (χ0) is 19.0. The molecule has 144 valence electrons. The molecule has 1 spiro atoms. The van der Waals surface area contributed by atoms with Crippen molar-refractivity contribution in [3.8, 4) is 28.4 Å². The quantitative estimate of drug-likeness (QED) is 0.580. The van der Waals surface area contributed by atoms with Crippen LogP contribution in [0.2, 0.25) is 0 Å². The third-order valence-electron chi connectivity index (χ3n) is 6.07. The van der Waals surface area contributed by atoms with Crippen molar-refractivity contribution in [2.24, 2.45) is 0 Å². The molecular weight excluding hydrogens is 336 g/mol. The molecule has 1 aliphatic carbocycles. The zero-order valence-electron chi connectivity index (χ0n) is 17.0. The smallest absolute Gasteiger partial charge is 0.135 e. The molecule has 0 radical (unpaired) electrons. The summed E-state index contributed by atoms with van der Waals surface area (Å²) >= 11 is 0. The summed E-state index contributed by atoms with van der Waals surface area (Å²) in [6, 6.07) is 8.82. The molecule has 0 bridgehead atoms. The average molecular weight is 367 g/mol. The second-order valence-corrected chi connectivity index (χ2v) is 7.99. The molecule has 2 aromatic rings. The van der Waals surface area contributed by atoms with E-state index < -0.39 is 0 Å². The van der Waals surface area contributed by atoms with Crippen molar-refractivity contribution in [3.63, 3.8) is 0 Å². The van der Waals surface area contributed by atoms with E-state index in [0.717, 1.165) is 60.7 Å². The Hall–Kier alpha value is -2.16. The molecule has 0 unspecified atom stereocenters. The highest BCUT2D eigenvalue weighted by molar-refractivity contribution is 5.80. The predicted octanol–water partition coefficient (Wildman–Crippen LogP) is 6.32. The maximum atomic E-state index is 6.71. The fourth-order valence-electron chi connectivity index (χ4n) is 4.54. The number of unbranched alkanes of at least 4 members (excludes halogenated alkanes) is 1. The molecular formula is C24H30O3. The second kappa shape index (κ2) is 7.10. The van der Waals surface area contributed by atoms with Gasteiger partial charge in [0.2, 0.25) is 0 Å². The van der Waals surface area contributed by atoms with Gasteiger partial charge in [0.1, 0.15) is 22.8 Å². The minimum Gasteiger partial charge on any atom is -0.496 e. The summed E-state index contributed by atoms with van der Waals surface area (Å²) < 4.78 is 18.4. The van der Waals surface area contributed by atoms with Gasteiger partial charge in [0, 0.05) is 17.2 Å². The van der Waals surface area contributed by atoms with Crippen LogP contribution in [0.3, 0.4) is 0 Å². The molecule has 27 heavy (non-hydrogen) atoms. The number of rotatable bonds is 5. The summed E-state index contributed by atoms with van der Waals surface area (Å²) in [5, 5.41) is 0. The molecule has 0 aromatic heterocycles. The first-order valence-electron chi connectivity index (χ1n) is 10.2. The third kappa shape index (κ3) is 3.07. The average Bonchev–Trinajstić information content (AvgIpc) is 3.12. The van der Waals surface area contributed by atoms with Crippen LogP contribution in [0, 0.1) is 13.8 Å². The lowest BCUT2D eigenvalue weighted by molar-refractivity contribution is 0.0705. The van der Waals surface area contributed by atoms with Gasteiger partial charge in [-0.2, -0.15) is 0 Å². The third-order valence-corrected chi connectivity index (χ3v) is 6.07. The molecule has 1 saturated carbocycles. The molecule has 3 heteroatoms. The van der Waals surface area contributed by atoms with Gasteiger partial charge in [0.25, 0.3) is 0 Å². The van der Waals surface area contributed by atoms with Crippen LogP contribution in [0.5, 0.6) is 17.2 Å². The summed E-state index contributed by atoms with van der Waals surface area (Å²) in [6.45, 7) is 7.18. The Morgan fingerprint density at radius 3 is 2.37 bits per heavy atom. The normalized spacial score (nSPS) is 16.6. The minimum atomic E-state index is -0.223. The van der Waals surface area contributed by atoms with Gasteiger partial charge < -0.3 is 14.2 Å². The van der Waals surface area contributed by atoms with Crippen molar-refractivity contribution in [3.05, 3.63) is 41.0 Å². The monoisotopic (exact) mass is 366 g/mol. The largest absolute Gasteiger partial charge is 0.496 e. The molecule has 2 aliphatic rings. The lowest BCUT2D eigenvalue weighted by Crippen LogP contribution is -2.33. The van der Waals surface area contributed by atoms with E-state index in [-0.39, 0.29) is 5.60 Å². The Kier molecular flexibility index (Phi) is 4.79. The van der Waals surface area contributed by atoms with Gasteiger partial charge in [0.05, 0.1) is 13.7 Å². The molecule has 0 saturated heterocycles. The standard InChI is InChI=1S/C24H30O3/c1-5-6-11-26-22-15-23-19(13-17(22)3)18-12-16(2)21(25-4)14-20(18)24(27-23)9-7-8-10-24/h12-15H,5-11H2,1-4H3. The van der Waals surface area contributed by atoms with Crippen molar-refractivity contribution in [2.75, 3.05) is 13.7 Å². The van der Waals surface area contributed by atoms with E-state index in [1.54, 1.807) is 7.11 Å². The summed E-state index contributed by atoms with van der Waals surface area (Å²) in [5.74, 6) is 2.86. The molecule has 1 heterocycles. The van der Waals surface area contributed by atoms with Gasteiger partial charge in [0.15, 0.2) is 0 Å². The van der Waals surface area contributed by atoms with Crippen LogP contribution in [0.4, 0.5) is 0 Å². The molecule has 1 fully saturated rings. The summed E-state index contributed by atoms with van der Waals surface area (Å²) in [6.07, 6.45) is 6.74. The van der Waals surface area contributed by atoms with Crippen molar-refractivity contribution in [1.82, 2.24) is 0 Å². The van der Waals surface area contributed by atoms with Gasteiger partial charge in [-0.25, -0.2) is 0 Å².